The first-order valence-electron chi connectivity index (χ1n) is 11.1. The van der Waals surface area contributed by atoms with E-state index in [4.69, 9.17) is 10.5 Å². The molecular weight excluding hydrogens is 458 g/mol. The van der Waals surface area contributed by atoms with Crippen LogP contribution < -0.4 is 11.1 Å². The van der Waals surface area contributed by atoms with Crippen LogP contribution in [-0.4, -0.2) is 61.1 Å². The number of esters is 1. The number of benzene rings is 2. The standard InChI is InChI=1S/C25H37N3O3S.ClH/c1-18(2)14-21(26)16-28(15-20-10-7-9-19-8-5-6-11-22(19)20)17-24(29)27-23(12-13-32-4)25(30)31-3;/h5-11,18,21,23H,12-17,26H2,1-4H3,(H,27,29);1H. The Balaban J connectivity index is 0.00000544. The summed E-state index contributed by atoms with van der Waals surface area (Å²) in [5.74, 6) is 0.635. The van der Waals surface area contributed by atoms with E-state index in [1.165, 1.54) is 17.9 Å². The second-order valence-corrected chi connectivity index (χ2v) is 9.61. The number of fused-ring (bicyclic) bond motifs is 1. The molecule has 2 aromatic carbocycles. The Morgan fingerprint density at radius 2 is 1.85 bits per heavy atom. The zero-order valence-electron chi connectivity index (χ0n) is 20.1. The Morgan fingerprint density at radius 3 is 2.52 bits per heavy atom. The van der Waals surface area contributed by atoms with Gasteiger partial charge in [0, 0.05) is 19.1 Å². The van der Waals surface area contributed by atoms with Gasteiger partial charge in [-0.05, 0) is 47.1 Å². The predicted molar refractivity (Wildman–Crippen MR) is 141 cm³/mol. The van der Waals surface area contributed by atoms with Crippen LogP contribution in [0, 0.1) is 5.92 Å². The zero-order chi connectivity index (χ0) is 23.5. The van der Waals surface area contributed by atoms with Crippen molar-refractivity contribution >= 4 is 46.8 Å². The second kappa shape index (κ2) is 15.2. The van der Waals surface area contributed by atoms with Crippen LogP contribution >= 0.6 is 24.2 Å². The molecule has 1 amide bonds. The van der Waals surface area contributed by atoms with Gasteiger partial charge in [-0.3, -0.25) is 9.69 Å². The first kappa shape index (κ1) is 29.2. The summed E-state index contributed by atoms with van der Waals surface area (Å²) in [5.41, 5.74) is 7.56. The van der Waals surface area contributed by atoms with Crippen LogP contribution in [0.4, 0.5) is 0 Å². The molecule has 2 atom stereocenters. The third-order valence-corrected chi connectivity index (χ3v) is 5.98. The van der Waals surface area contributed by atoms with Crippen molar-refractivity contribution in [2.24, 2.45) is 11.7 Å². The summed E-state index contributed by atoms with van der Waals surface area (Å²) in [7, 11) is 1.35. The lowest BCUT2D eigenvalue weighted by atomic mass is 10.0. The van der Waals surface area contributed by atoms with Gasteiger partial charge in [0.1, 0.15) is 6.04 Å². The summed E-state index contributed by atoms with van der Waals surface area (Å²) >= 11 is 1.63. The maximum atomic E-state index is 12.9. The highest BCUT2D eigenvalue weighted by Crippen LogP contribution is 2.20. The van der Waals surface area contributed by atoms with Gasteiger partial charge in [-0.25, -0.2) is 4.79 Å². The van der Waals surface area contributed by atoms with Crippen molar-refractivity contribution < 1.29 is 14.3 Å². The lowest BCUT2D eigenvalue weighted by molar-refractivity contribution is -0.145. The van der Waals surface area contributed by atoms with Gasteiger partial charge >= 0.3 is 5.97 Å². The number of nitrogens with zero attached hydrogens (tertiary/aromatic N) is 1. The number of hydrogen-bond donors (Lipinski definition) is 2. The van der Waals surface area contributed by atoms with E-state index in [0.29, 0.717) is 25.4 Å². The normalized spacial score (nSPS) is 12.9. The van der Waals surface area contributed by atoms with Crippen molar-refractivity contribution in [3.05, 3.63) is 48.0 Å². The molecule has 33 heavy (non-hydrogen) atoms. The number of rotatable bonds is 13. The Morgan fingerprint density at radius 1 is 1.15 bits per heavy atom. The molecule has 8 heteroatoms. The lowest BCUT2D eigenvalue weighted by Gasteiger charge is -2.27. The molecule has 0 spiro atoms. The number of halogens is 1. The molecule has 0 bridgehead atoms. The van der Waals surface area contributed by atoms with Crippen LogP contribution in [0.3, 0.4) is 0 Å². The number of nitrogens with one attached hydrogen (secondary N) is 1. The molecule has 2 rings (SSSR count). The number of hydrogen-bond acceptors (Lipinski definition) is 6. The highest BCUT2D eigenvalue weighted by atomic mass is 35.5. The third kappa shape index (κ3) is 9.92. The van der Waals surface area contributed by atoms with Gasteiger partial charge < -0.3 is 15.8 Å². The number of nitrogens with two attached hydrogens (primary N) is 1. The van der Waals surface area contributed by atoms with E-state index in [9.17, 15) is 9.59 Å². The van der Waals surface area contributed by atoms with E-state index in [-0.39, 0.29) is 30.9 Å². The third-order valence-electron chi connectivity index (χ3n) is 5.34. The van der Waals surface area contributed by atoms with E-state index in [0.717, 1.165) is 17.7 Å². The predicted octanol–water partition coefficient (Wildman–Crippen LogP) is 3.85. The first-order chi connectivity index (χ1) is 15.3. The van der Waals surface area contributed by atoms with Gasteiger partial charge in [0.2, 0.25) is 5.91 Å². The molecule has 0 aliphatic carbocycles. The minimum atomic E-state index is -0.635. The minimum Gasteiger partial charge on any atom is -0.467 e. The van der Waals surface area contributed by atoms with Gasteiger partial charge in [-0.15, -0.1) is 12.4 Å². The summed E-state index contributed by atoms with van der Waals surface area (Å²) in [5, 5.41) is 5.20. The second-order valence-electron chi connectivity index (χ2n) is 8.62. The van der Waals surface area contributed by atoms with Gasteiger partial charge in [0.25, 0.3) is 0 Å². The summed E-state index contributed by atoms with van der Waals surface area (Å²) in [6.07, 6.45) is 3.39. The largest absolute Gasteiger partial charge is 0.467 e. The fraction of sp³-hybridized carbons (Fsp3) is 0.520. The smallest absolute Gasteiger partial charge is 0.328 e. The van der Waals surface area contributed by atoms with E-state index < -0.39 is 12.0 Å². The number of ether oxygens (including phenoxy) is 1. The zero-order valence-corrected chi connectivity index (χ0v) is 21.7. The molecule has 6 nitrogen and oxygen atoms in total. The Bertz CT molecular complexity index is 876. The van der Waals surface area contributed by atoms with Crippen molar-refractivity contribution in [3.8, 4) is 0 Å². The molecule has 0 saturated heterocycles. The van der Waals surface area contributed by atoms with Crippen molar-refractivity contribution in [2.45, 2.75) is 45.3 Å². The summed E-state index contributed by atoms with van der Waals surface area (Å²) in [6.45, 7) is 5.67. The molecule has 184 valence electrons. The molecule has 0 heterocycles. The topological polar surface area (TPSA) is 84.7 Å². The Hall–Kier alpha value is -1.80. The van der Waals surface area contributed by atoms with Crippen LogP contribution in [0.2, 0.25) is 0 Å². The highest BCUT2D eigenvalue weighted by molar-refractivity contribution is 7.98. The van der Waals surface area contributed by atoms with Crippen molar-refractivity contribution in [1.82, 2.24) is 10.2 Å². The average Bonchev–Trinajstić information content (AvgIpc) is 2.75. The van der Waals surface area contributed by atoms with Crippen molar-refractivity contribution in [1.29, 1.82) is 0 Å². The van der Waals surface area contributed by atoms with Gasteiger partial charge in [-0.2, -0.15) is 11.8 Å². The number of methoxy groups -OCH3 is 1. The molecule has 0 saturated carbocycles. The quantitative estimate of drug-likeness (QED) is 0.410. The number of carbonyl (C=O) groups excluding carboxylic acids is 2. The summed E-state index contributed by atoms with van der Waals surface area (Å²) in [4.78, 5) is 27.1. The van der Waals surface area contributed by atoms with Gasteiger partial charge in [-0.1, -0.05) is 56.3 Å². The molecule has 0 aliphatic rings. The van der Waals surface area contributed by atoms with Crippen LogP contribution in [0.15, 0.2) is 42.5 Å². The van der Waals surface area contributed by atoms with E-state index in [2.05, 4.69) is 48.3 Å². The van der Waals surface area contributed by atoms with Crippen LogP contribution in [0.5, 0.6) is 0 Å². The molecule has 2 aromatic rings. The monoisotopic (exact) mass is 495 g/mol. The van der Waals surface area contributed by atoms with Crippen molar-refractivity contribution in [2.75, 3.05) is 32.2 Å². The highest BCUT2D eigenvalue weighted by Gasteiger charge is 2.23. The first-order valence-corrected chi connectivity index (χ1v) is 12.5. The van der Waals surface area contributed by atoms with Gasteiger partial charge in [0.05, 0.1) is 13.7 Å². The molecule has 0 aromatic heterocycles. The number of carbonyl (C=O) groups is 2. The van der Waals surface area contributed by atoms with Crippen LogP contribution in [0.25, 0.3) is 10.8 Å². The van der Waals surface area contributed by atoms with Crippen molar-refractivity contribution in [3.63, 3.8) is 0 Å². The summed E-state index contributed by atoms with van der Waals surface area (Å²) in [6, 6.07) is 13.8. The fourth-order valence-corrected chi connectivity index (χ4v) is 4.41. The van der Waals surface area contributed by atoms with Crippen LogP contribution in [-0.2, 0) is 20.9 Å². The molecule has 2 unspecified atom stereocenters. The van der Waals surface area contributed by atoms with E-state index >= 15 is 0 Å². The maximum Gasteiger partial charge on any atom is 0.328 e. The molecular formula is C25H38ClN3O3S. The minimum absolute atomic E-state index is 0. The van der Waals surface area contributed by atoms with Crippen LogP contribution in [0.1, 0.15) is 32.3 Å². The lowest BCUT2D eigenvalue weighted by Crippen LogP contribution is -2.48. The Kier molecular flexibility index (Phi) is 13.4. The van der Waals surface area contributed by atoms with Gasteiger partial charge in [0.15, 0.2) is 0 Å². The molecule has 0 radical (unpaired) electrons. The molecule has 3 N–H and O–H groups in total. The van der Waals surface area contributed by atoms with E-state index in [1.807, 2.05) is 24.5 Å². The molecule has 0 aliphatic heterocycles. The molecule has 0 fully saturated rings. The SMILES string of the molecule is COC(=O)C(CCSC)NC(=O)CN(Cc1cccc2ccccc12)CC(N)CC(C)C.Cl. The fourth-order valence-electron chi connectivity index (χ4n) is 3.94. The number of thioether (sulfide) groups is 1. The van der Waals surface area contributed by atoms with E-state index in [1.54, 1.807) is 11.8 Å². The Labute approximate surface area is 208 Å². The average molecular weight is 496 g/mol. The summed E-state index contributed by atoms with van der Waals surface area (Å²) < 4.78 is 4.87. The maximum absolute atomic E-state index is 12.9. The number of amides is 1.